The monoisotopic (exact) mass is 270 g/mol. The topological polar surface area (TPSA) is 48.1 Å². The maximum absolute atomic E-state index is 12.3. The molecular formula is C12H12F2N2OS. The molecular weight excluding hydrogens is 258 g/mol. The van der Waals surface area contributed by atoms with Crippen LogP contribution in [-0.2, 0) is 0 Å². The Kier molecular flexibility index (Phi) is 3.88. The maximum atomic E-state index is 12.3. The lowest BCUT2D eigenvalue weighted by Gasteiger charge is -2.14. The molecule has 1 atom stereocenters. The van der Waals surface area contributed by atoms with Gasteiger partial charge in [-0.15, -0.1) is 11.3 Å². The van der Waals surface area contributed by atoms with E-state index in [2.05, 4.69) is 9.72 Å². The highest BCUT2D eigenvalue weighted by molar-refractivity contribution is 7.09. The van der Waals surface area contributed by atoms with E-state index in [1.165, 1.54) is 17.4 Å². The molecule has 0 fully saturated rings. The molecule has 0 radical (unpaired) electrons. The van der Waals surface area contributed by atoms with Gasteiger partial charge >= 0.3 is 6.61 Å². The van der Waals surface area contributed by atoms with Gasteiger partial charge in [0, 0.05) is 16.6 Å². The predicted octanol–water partition coefficient (Wildman–Crippen LogP) is 3.10. The van der Waals surface area contributed by atoms with Gasteiger partial charge in [-0.05, 0) is 13.0 Å². The zero-order valence-corrected chi connectivity index (χ0v) is 10.5. The average Bonchev–Trinajstić information content (AvgIpc) is 2.75. The number of para-hydroxylation sites is 1. The summed E-state index contributed by atoms with van der Waals surface area (Å²) in [4.78, 5) is 4.26. The van der Waals surface area contributed by atoms with E-state index in [0.717, 1.165) is 5.69 Å². The molecule has 1 aromatic heterocycles. The van der Waals surface area contributed by atoms with Crippen LogP contribution < -0.4 is 10.5 Å². The van der Waals surface area contributed by atoms with E-state index in [1.807, 2.05) is 12.3 Å². The molecule has 0 aliphatic rings. The summed E-state index contributed by atoms with van der Waals surface area (Å²) < 4.78 is 29.0. The van der Waals surface area contributed by atoms with Crippen molar-refractivity contribution in [1.82, 2.24) is 4.98 Å². The van der Waals surface area contributed by atoms with Crippen LogP contribution in [0.1, 0.15) is 22.3 Å². The van der Waals surface area contributed by atoms with Gasteiger partial charge in [0.1, 0.15) is 10.8 Å². The Balaban J connectivity index is 2.32. The van der Waals surface area contributed by atoms with Gasteiger partial charge < -0.3 is 10.5 Å². The second-order valence-electron chi connectivity index (χ2n) is 3.72. The quantitative estimate of drug-likeness (QED) is 0.928. The van der Waals surface area contributed by atoms with Gasteiger partial charge in [-0.3, -0.25) is 0 Å². The average molecular weight is 270 g/mol. The van der Waals surface area contributed by atoms with Crippen molar-refractivity contribution in [2.45, 2.75) is 19.6 Å². The van der Waals surface area contributed by atoms with Crippen molar-refractivity contribution < 1.29 is 13.5 Å². The highest BCUT2D eigenvalue weighted by Crippen LogP contribution is 2.30. The molecule has 2 aromatic rings. The summed E-state index contributed by atoms with van der Waals surface area (Å²) in [6.07, 6.45) is 0. The minimum atomic E-state index is -2.86. The molecule has 0 aliphatic heterocycles. The first kappa shape index (κ1) is 12.9. The van der Waals surface area contributed by atoms with Gasteiger partial charge in [0.25, 0.3) is 0 Å². The van der Waals surface area contributed by atoms with Crippen molar-refractivity contribution in [3.63, 3.8) is 0 Å². The number of alkyl halides is 2. The molecule has 0 spiro atoms. The van der Waals surface area contributed by atoms with Crippen LogP contribution in [-0.4, -0.2) is 11.6 Å². The van der Waals surface area contributed by atoms with Crippen molar-refractivity contribution in [3.8, 4) is 5.75 Å². The predicted molar refractivity (Wildman–Crippen MR) is 66.0 cm³/mol. The van der Waals surface area contributed by atoms with Crippen LogP contribution in [0.3, 0.4) is 0 Å². The number of nitrogens with zero attached hydrogens (tertiary/aromatic N) is 1. The van der Waals surface area contributed by atoms with E-state index in [9.17, 15) is 8.78 Å². The van der Waals surface area contributed by atoms with E-state index < -0.39 is 12.7 Å². The third-order valence-electron chi connectivity index (χ3n) is 2.37. The first-order valence-corrected chi connectivity index (χ1v) is 6.17. The molecule has 0 bridgehead atoms. The van der Waals surface area contributed by atoms with Crippen molar-refractivity contribution in [2.75, 3.05) is 0 Å². The van der Waals surface area contributed by atoms with Crippen molar-refractivity contribution in [3.05, 3.63) is 45.9 Å². The molecule has 0 saturated carbocycles. The van der Waals surface area contributed by atoms with E-state index in [0.29, 0.717) is 10.6 Å². The van der Waals surface area contributed by atoms with E-state index >= 15 is 0 Å². The second kappa shape index (κ2) is 5.41. The largest absolute Gasteiger partial charge is 0.434 e. The summed E-state index contributed by atoms with van der Waals surface area (Å²) in [5, 5.41) is 2.55. The van der Waals surface area contributed by atoms with Crippen molar-refractivity contribution in [2.24, 2.45) is 5.73 Å². The first-order chi connectivity index (χ1) is 8.58. The summed E-state index contributed by atoms with van der Waals surface area (Å²) >= 11 is 1.40. The molecule has 0 aliphatic carbocycles. The van der Waals surface area contributed by atoms with Gasteiger partial charge in [0.05, 0.1) is 6.04 Å². The summed E-state index contributed by atoms with van der Waals surface area (Å²) in [5.74, 6) is 0.0906. The molecule has 0 saturated heterocycles. The zero-order valence-electron chi connectivity index (χ0n) is 9.64. The zero-order chi connectivity index (χ0) is 13.1. The number of nitrogens with two attached hydrogens (primary N) is 1. The number of ether oxygens (including phenoxy) is 1. The maximum Gasteiger partial charge on any atom is 0.387 e. The molecule has 1 heterocycles. The number of aromatic nitrogens is 1. The molecule has 18 heavy (non-hydrogen) atoms. The minimum Gasteiger partial charge on any atom is -0.434 e. The van der Waals surface area contributed by atoms with Crippen molar-refractivity contribution >= 4 is 11.3 Å². The number of aryl methyl sites for hydroxylation is 1. The third kappa shape index (κ3) is 2.83. The van der Waals surface area contributed by atoms with Gasteiger partial charge in [-0.1, -0.05) is 18.2 Å². The highest BCUT2D eigenvalue weighted by Gasteiger charge is 2.18. The lowest BCUT2D eigenvalue weighted by Crippen LogP contribution is -2.14. The fourth-order valence-corrected chi connectivity index (χ4v) is 2.40. The number of thiazole rings is 1. The smallest absolute Gasteiger partial charge is 0.387 e. The number of halogens is 2. The fourth-order valence-electron chi connectivity index (χ4n) is 1.59. The van der Waals surface area contributed by atoms with Gasteiger partial charge in [-0.25, -0.2) is 4.98 Å². The minimum absolute atomic E-state index is 0.0906. The van der Waals surface area contributed by atoms with Crippen LogP contribution in [0.2, 0.25) is 0 Å². The molecule has 96 valence electrons. The van der Waals surface area contributed by atoms with Gasteiger partial charge in [0.2, 0.25) is 0 Å². The Hall–Kier alpha value is -1.53. The van der Waals surface area contributed by atoms with Crippen LogP contribution in [0.5, 0.6) is 5.75 Å². The van der Waals surface area contributed by atoms with Gasteiger partial charge in [0.15, 0.2) is 0 Å². The Bertz CT molecular complexity index is 530. The Labute approximate surface area is 107 Å². The van der Waals surface area contributed by atoms with E-state index in [4.69, 9.17) is 5.73 Å². The van der Waals surface area contributed by atoms with Crippen LogP contribution in [0.4, 0.5) is 8.78 Å². The Morgan fingerprint density at radius 3 is 2.67 bits per heavy atom. The SMILES string of the molecule is Cc1csc(C(N)c2ccccc2OC(F)F)n1. The van der Waals surface area contributed by atoms with Crippen LogP contribution in [0.15, 0.2) is 29.6 Å². The molecule has 6 heteroatoms. The molecule has 0 amide bonds. The molecule has 3 nitrogen and oxygen atoms in total. The lowest BCUT2D eigenvalue weighted by atomic mass is 10.1. The fraction of sp³-hybridized carbons (Fsp3) is 0.250. The standard InChI is InChI=1S/C12H12F2N2OS/c1-7-6-18-11(16-7)10(15)8-4-2-3-5-9(8)17-12(13)14/h2-6,10,12H,15H2,1H3. The Morgan fingerprint density at radius 1 is 1.33 bits per heavy atom. The highest BCUT2D eigenvalue weighted by atomic mass is 32.1. The summed E-state index contributed by atoms with van der Waals surface area (Å²) in [6, 6.07) is 5.94. The summed E-state index contributed by atoms with van der Waals surface area (Å²) in [5.41, 5.74) is 7.39. The summed E-state index contributed by atoms with van der Waals surface area (Å²) in [6.45, 7) is -1.01. The van der Waals surface area contributed by atoms with Crippen LogP contribution >= 0.6 is 11.3 Å². The van der Waals surface area contributed by atoms with Gasteiger partial charge in [-0.2, -0.15) is 8.78 Å². The normalized spacial score (nSPS) is 12.7. The summed E-state index contributed by atoms with van der Waals surface area (Å²) in [7, 11) is 0. The van der Waals surface area contributed by atoms with E-state index in [1.54, 1.807) is 18.2 Å². The second-order valence-corrected chi connectivity index (χ2v) is 4.61. The number of hydrogen-bond acceptors (Lipinski definition) is 4. The molecule has 1 aromatic carbocycles. The lowest BCUT2D eigenvalue weighted by molar-refractivity contribution is -0.0505. The molecule has 1 unspecified atom stereocenters. The van der Waals surface area contributed by atoms with E-state index in [-0.39, 0.29) is 5.75 Å². The first-order valence-electron chi connectivity index (χ1n) is 5.29. The molecule has 2 N–H and O–H groups in total. The van der Waals surface area contributed by atoms with Crippen molar-refractivity contribution in [1.29, 1.82) is 0 Å². The number of benzene rings is 1. The number of rotatable bonds is 4. The van der Waals surface area contributed by atoms with Crippen LogP contribution in [0, 0.1) is 6.92 Å². The number of hydrogen-bond donors (Lipinski definition) is 1. The Morgan fingerprint density at radius 2 is 2.06 bits per heavy atom. The third-order valence-corrected chi connectivity index (χ3v) is 3.42. The molecule has 2 rings (SSSR count). The van der Waals surface area contributed by atoms with Crippen LogP contribution in [0.25, 0.3) is 0 Å².